The van der Waals surface area contributed by atoms with Crippen molar-refractivity contribution in [1.82, 2.24) is 9.80 Å². The highest BCUT2D eigenvalue weighted by Gasteiger charge is 2.34. The zero-order valence-corrected chi connectivity index (χ0v) is 18.0. The van der Waals surface area contributed by atoms with Gasteiger partial charge in [-0.15, -0.1) is 0 Å². The summed E-state index contributed by atoms with van der Waals surface area (Å²) in [6.45, 7) is 2.10. The summed E-state index contributed by atoms with van der Waals surface area (Å²) < 4.78 is 13.5. The molecule has 1 fully saturated rings. The number of likely N-dealkylation sites (tertiary alicyclic amines) is 1. The average molecular weight is 417 g/mol. The Kier molecular flexibility index (Phi) is 6.78. The largest absolute Gasteiger partial charge is 0.341 e. The number of piperidine rings is 1. The molecule has 1 saturated heterocycles. The number of hydrogen-bond donors (Lipinski definition) is 0. The minimum atomic E-state index is -0.218. The molecule has 3 aromatic rings. The van der Waals surface area contributed by atoms with Crippen molar-refractivity contribution in [3.05, 3.63) is 107 Å². The normalized spacial score (nSPS) is 19.2. The van der Waals surface area contributed by atoms with E-state index >= 15 is 0 Å². The van der Waals surface area contributed by atoms with E-state index in [0.717, 1.165) is 30.5 Å². The van der Waals surface area contributed by atoms with Crippen LogP contribution in [0.15, 0.2) is 84.9 Å². The molecule has 31 heavy (non-hydrogen) atoms. The van der Waals surface area contributed by atoms with Crippen LogP contribution in [0.1, 0.15) is 35.6 Å². The summed E-state index contributed by atoms with van der Waals surface area (Å²) in [5.41, 5.74) is 3.47. The average Bonchev–Trinajstić information content (AvgIpc) is 2.80. The molecule has 0 bridgehead atoms. The van der Waals surface area contributed by atoms with Crippen LogP contribution in [0.4, 0.5) is 4.39 Å². The van der Waals surface area contributed by atoms with Crippen LogP contribution in [0.3, 0.4) is 0 Å². The Morgan fingerprint density at radius 2 is 1.52 bits per heavy atom. The highest BCUT2D eigenvalue weighted by molar-refractivity contribution is 5.79. The van der Waals surface area contributed by atoms with Gasteiger partial charge in [0.2, 0.25) is 5.91 Å². The zero-order chi connectivity index (χ0) is 21.6. The second-order valence-electron chi connectivity index (χ2n) is 8.44. The van der Waals surface area contributed by atoms with Gasteiger partial charge in [-0.2, -0.15) is 0 Å². The molecule has 0 aromatic heterocycles. The Hall–Kier alpha value is -2.98. The predicted octanol–water partition coefficient (Wildman–Crippen LogP) is 5.44. The Morgan fingerprint density at radius 3 is 2.16 bits per heavy atom. The molecule has 4 rings (SSSR count). The number of amides is 1. The predicted molar refractivity (Wildman–Crippen MR) is 122 cm³/mol. The lowest BCUT2D eigenvalue weighted by molar-refractivity contribution is -0.137. The van der Waals surface area contributed by atoms with Crippen molar-refractivity contribution in [1.29, 1.82) is 0 Å². The first kappa shape index (κ1) is 21.3. The lowest BCUT2D eigenvalue weighted by atomic mass is 9.87. The summed E-state index contributed by atoms with van der Waals surface area (Å²) in [4.78, 5) is 17.5. The number of carbonyl (C=O) groups excluding carboxylic acids is 1. The van der Waals surface area contributed by atoms with Gasteiger partial charge >= 0.3 is 0 Å². The summed E-state index contributed by atoms with van der Waals surface area (Å²) in [5, 5.41) is 0. The number of halogens is 1. The van der Waals surface area contributed by atoms with Gasteiger partial charge in [-0.1, -0.05) is 72.8 Å². The van der Waals surface area contributed by atoms with Gasteiger partial charge in [0.15, 0.2) is 0 Å². The third-order valence-electron chi connectivity index (χ3n) is 6.16. The molecule has 0 saturated carbocycles. The van der Waals surface area contributed by atoms with E-state index in [-0.39, 0.29) is 23.7 Å². The van der Waals surface area contributed by atoms with Crippen molar-refractivity contribution >= 4 is 5.91 Å². The Balaban J connectivity index is 1.50. The molecular weight excluding hydrogens is 387 g/mol. The molecule has 1 amide bonds. The number of benzene rings is 3. The van der Waals surface area contributed by atoms with Gasteiger partial charge in [-0.05, 0) is 41.7 Å². The highest BCUT2D eigenvalue weighted by Crippen LogP contribution is 2.35. The number of hydrogen-bond acceptors (Lipinski definition) is 2. The molecule has 1 heterocycles. The molecule has 0 N–H and O–H groups in total. The molecule has 4 heteroatoms. The SMILES string of the molecule is CN(Cc1ccccc1)C(=O)C1CCC(c2ccc(F)cc2)N(Cc2ccccc2)C1. The van der Waals surface area contributed by atoms with E-state index in [9.17, 15) is 9.18 Å². The fourth-order valence-electron chi connectivity index (χ4n) is 4.55. The molecule has 1 aliphatic rings. The van der Waals surface area contributed by atoms with Crippen molar-refractivity contribution < 1.29 is 9.18 Å². The summed E-state index contributed by atoms with van der Waals surface area (Å²) in [6.07, 6.45) is 1.72. The Bertz CT molecular complexity index is 975. The zero-order valence-electron chi connectivity index (χ0n) is 18.0. The van der Waals surface area contributed by atoms with Crippen LogP contribution in [0.25, 0.3) is 0 Å². The molecule has 3 nitrogen and oxygen atoms in total. The molecule has 3 aromatic carbocycles. The van der Waals surface area contributed by atoms with E-state index in [0.29, 0.717) is 13.1 Å². The van der Waals surface area contributed by atoms with Crippen molar-refractivity contribution in [3.63, 3.8) is 0 Å². The summed E-state index contributed by atoms with van der Waals surface area (Å²) in [6, 6.07) is 27.4. The first-order chi connectivity index (χ1) is 15.1. The van der Waals surface area contributed by atoms with Crippen molar-refractivity contribution in [2.45, 2.75) is 32.0 Å². The molecule has 2 atom stereocenters. The van der Waals surface area contributed by atoms with Crippen molar-refractivity contribution in [3.8, 4) is 0 Å². The lowest BCUT2D eigenvalue weighted by Crippen LogP contribution is -2.44. The third-order valence-corrected chi connectivity index (χ3v) is 6.16. The maximum Gasteiger partial charge on any atom is 0.227 e. The Morgan fingerprint density at radius 1 is 0.903 bits per heavy atom. The molecule has 2 unspecified atom stereocenters. The molecule has 160 valence electrons. The van der Waals surface area contributed by atoms with Crippen LogP contribution in [-0.2, 0) is 17.9 Å². The van der Waals surface area contributed by atoms with Crippen molar-refractivity contribution in [2.75, 3.05) is 13.6 Å². The molecule has 0 spiro atoms. The van der Waals surface area contributed by atoms with E-state index in [4.69, 9.17) is 0 Å². The summed E-state index contributed by atoms with van der Waals surface area (Å²) in [7, 11) is 1.89. The second-order valence-corrected chi connectivity index (χ2v) is 8.44. The second kappa shape index (κ2) is 9.88. The van der Waals surface area contributed by atoms with Gasteiger partial charge in [-0.3, -0.25) is 9.69 Å². The fraction of sp³-hybridized carbons (Fsp3) is 0.296. The van der Waals surface area contributed by atoms with E-state index in [1.165, 1.54) is 17.7 Å². The van der Waals surface area contributed by atoms with Crippen LogP contribution in [0.2, 0.25) is 0 Å². The van der Waals surface area contributed by atoms with E-state index in [2.05, 4.69) is 29.2 Å². The number of carbonyl (C=O) groups is 1. The van der Waals surface area contributed by atoms with E-state index in [1.807, 2.05) is 60.5 Å². The third kappa shape index (κ3) is 5.39. The van der Waals surface area contributed by atoms with Crippen LogP contribution in [0, 0.1) is 11.7 Å². The summed E-state index contributed by atoms with van der Waals surface area (Å²) in [5.74, 6) is -0.0571. The van der Waals surface area contributed by atoms with Gasteiger partial charge in [-0.25, -0.2) is 4.39 Å². The van der Waals surface area contributed by atoms with Gasteiger partial charge in [0, 0.05) is 32.7 Å². The molecule has 0 aliphatic carbocycles. The van der Waals surface area contributed by atoms with Crippen LogP contribution < -0.4 is 0 Å². The molecule has 0 radical (unpaired) electrons. The number of rotatable bonds is 6. The maximum atomic E-state index is 13.5. The Labute approximate surface area is 184 Å². The minimum Gasteiger partial charge on any atom is -0.341 e. The monoisotopic (exact) mass is 416 g/mol. The first-order valence-corrected chi connectivity index (χ1v) is 10.9. The van der Waals surface area contributed by atoms with E-state index in [1.54, 1.807) is 0 Å². The topological polar surface area (TPSA) is 23.6 Å². The van der Waals surface area contributed by atoms with Crippen LogP contribution in [-0.4, -0.2) is 29.3 Å². The van der Waals surface area contributed by atoms with Gasteiger partial charge in [0.25, 0.3) is 0 Å². The lowest BCUT2D eigenvalue weighted by Gasteiger charge is -2.40. The number of nitrogens with zero attached hydrogens (tertiary/aromatic N) is 2. The van der Waals surface area contributed by atoms with Crippen LogP contribution >= 0.6 is 0 Å². The standard InChI is InChI=1S/C27H29FN2O/c1-29(18-21-8-4-2-5-9-21)27(31)24-14-17-26(23-12-15-25(28)16-13-23)30(20-24)19-22-10-6-3-7-11-22/h2-13,15-16,24,26H,14,17-20H2,1H3. The van der Waals surface area contributed by atoms with Gasteiger partial charge in [0.05, 0.1) is 5.92 Å². The van der Waals surface area contributed by atoms with E-state index < -0.39 is 0 Å². The first-order valence-electron chi connectivity index (χ1n) is 10.9. The van der Waals surface area contributed by atoms with Gasteiger partial charge in [0.1, 0.15) is 5.82 Å². The molecule has 1 aliphatic heterocycles. The van der Waals surface area contributed by atoms with Crippen LogP contribution in [0.5, 0.6) is 0 Å². The smallest absolute Gasteiger partial charge is 0.227 e. The maximum absolute atomic E-state index is 13.5. The highest BCUT2D eigenvalue weighted by atomic mass is 19.1. The summed E-state index contributed by atoms with van der Waals surface area (Å²) >= 11 is 0. The minimum absolute atomic E-state index is 0.0332. The quantitative estimate of drug-likeness (QED) is 0.534. The molecular formula is C27H29FN2O. The fourth-order valence-corrected chi connectivity index (χ4v) is 4.55. The van der Waals surface area contributed by atoms with Gasteiger partial charge < -0.3 is 4.90 Å². The van der Waals surface area contributed by atoms with Crippen molar-refractivity contribution in [2.24, 2.45) is 5.92 Å².